The van der Waals surface area contributed by atoms with E-state index in [1.165, 1.54) is 12.1 Å². The van der Waals surface area contributed by atoms with Crippen molar-refractivity contribution in [3.8, 4) is 11.5 Å². The van der Waals surface area contributed by atoms with Gasteiger partial charge in [-0.1, -0.05) is 12.1 Å². The van der Waals surface area contributed by atoms with Gasteiger partial charge in [0.2, 0.25) is 0 Å². The molecule has 0 amide bonds. The van der Waals surface area contributed by atoms with Crippen LogP contribution in [0.3, 0.4) is 0 Å². The summed E-state index contributed by atoms with van der Waals surface area (Å²) in [6, 6.07) is 6.61. The third-order valence-corrected chi connectivity index (χ3v) is 7.19. The number of rotatable bonds is 11. The fraction of sp³-hybridized carbons (Fsp3) is 0.517. The fourth-order valence-electron chi connectivity index (χ4n) is 4.80. The zero-order valence-electron chi connectivity index (χ0n) is 23.5. The van der Waals surface area contributed by atoms with E-state index in [4.69, 9.17) is 9.47 Å². The molecule has 0 saturated heterocycles. The van der Waals surface area contributed by atoms with Crippen molar-refractivity contribution in [3.63, 3.8) is 0 Å². The summed E-state index contributed by atoms with van der Waals surface area (Å²) in [7, 11) is 5.65. The average molecular weight is 547 g/mol. The number of hydrogen-bond acceptors (Lipinski definition) is 7. The van der Waals surface area contributed by atoms with Crippen molar-refractivity contribution in [2.24, 2.45) is 5.41 Å². The van der Waals surface area contributed by atoms with Crippen LogP contribution >= 0.6 is 0 Å². The molecule has 1 aliphatic carbocycles. The molecule has 39 heavy (non-hydrogen) atoms. The average Bonchev–Trinajstić information content (AvgIpc) is 3.60. The van der Waals surface area contributed by atoms with Crippen molar-refractivity contribution in [1.82, 2.24) is 14.9 Å². The minimum Gasteiger partial charge on any atom is -0.493 e. The summed E-state index contributed by atoms with van der Waals surface area (Å²) in [5.74, 6) is -2.92. The Morgan fingerprint density at radius 3 is 2.44 bits per heavy atom. The Kier molecular flexibility index (Phi) is 7.75. The van der Waals surface area contributed by atoms with Gasteiger partial charge in [0.05, 0.1) is 30.8 Å². The molecule has 1 aliphatic rings. The lowest BCUT2D eigenvalue weighted by molar-refractivity contribution is -0.170. The van der Waals surface area contributed by atoms with Crippen molar-refractivity contribution < 1.29 is 27.8 Å². The molecule has 10 heteroatoms. The SMILES string of the molecule is COc1cc2nc(C)nc(N[C@H](C)c3cccc(C(F)(F)C(C)(C)O)c3F)c2cc1OCC1(CN(C)C)CC1. The van der Waals surface area contributed by atoms with Gasteiger partial charge in [-0.2, -0.15) is 8.78 Å². The van der Waals surface area contributed by atoms with Crippen LogP contribution in [-0.4, -0.2) is 59.9 Å². The number of nitrogens with zero attached hydrogens (tertiary/aromatic N) is 3. The standard InChI is InChI=1S/C29H37F3N4O3/c1-17(19-9-8-10-21(25(19)30)29(31,32)27(3,4)37)33-26-20-13-24(39-16-28(11-12-28)15-36(5)6)23(38-7)14-22(20)34-18(2)35-26/h8-10,13-14,17,37H,11-12,15-16H2,1-7H3,(H,33,34,35)/t17-/m1/s1. The topological polar surface area (TPSA) is 79.7 Å². The number of nitrogens with one attached hydrogen (secondary N) is 1. The van der Waals surface area contributed by atoms with E-state index in [0.717, 1.165) is 39.3 Å². The number of aryl methyl sites for hydroxylation is 1. The summed E-state index contributed by atoms with van der Waals surface area (Å²) in [5, 5.41) is 13.8. The molecular weight excluding hydrogens is 509 g/mol. The number of benzene rings is 2. The zero-order valence-corrected chi connectivity index (χ0v) is 23.5. The van der Waals surface area contributed by atoms with Gasteiger partial charge in [0.25, 0.3) is 0 Å². The molecule has 4 rings (SSSR count). The van der Waals surface area contributed by atoms with E-state index in [2.05, 4.69) is 20.2 Å². The highest BCUT2D eigenvalue weighted by Gasteiger charge is 2.49. The summed E-state index contributed by atoms with van der Waals surface area (Å²) >= 11 is 0. The van der Waals surface area contributed by atoms with Gasteiger partial charge in [-0.15, -0.1) is 0 Å². The largest absolute Gasteiger partial charge is 0.493 e. The monoisotopic (exact) mass is 546 g/mol. The Morgan fingerprint density at radius 1 is 1.15 bits per heavy atom. The van der Waals surface area contributed by atoms with Gasteiger partial charge in [-0.05, 0) is 66.8 Å². The summed E-state index contributed by atoms with van der Waals surface area (Å²) < 4.78 is 56.9. The first-order chi connectivity index (χ1) is 18.2. The number of anilines is 1. The molecule has 1 fully saturated rings. The second kappa shape index (κ2) is 10.5. The Hall–Kier alpha value is -3.11. The second-order valence-electron chi connectivity index (χ2n) is 11.4. The maximum Gasteiger partial charge on any atom is 0.303 e. The number of aliphatic hydroxyl groups is 1. The Balaban J connectivity index is 1.68. The van der Waals surface area contributed by atoms with Crippen molar-refractivity contribution in [1.29, 1.82) is 0 Å². The third-order valence-electron chi connectivity index (χ3n) is 7.19. The van der Waals surface area contributed by atoms with Crippen molar-refractivity contribution in [2.45, 2.75) is 58.1 Å². The maximum atomic E-state index is 15.4. The van der Waals surface area contributed by atoms with Crippen LogP contribution in [0.5, 0.6) is 11.5 Å². The minimum absolute atomic E-state index is 0.0187. The van der Waals surface area contributed by atoms with E-state index < -0.39 is 28.9 Å². The highest BCUT2D eigenvalue weighted by molar-refractivity contribution is 5.92. The summed E-state index contributed by atoms with van der Waals surface area (Å²) in [5.41, 5.74) is -2.58. The molecule has 2 aromatic carbocycles. The van der Waals surface area contributed by atoms with Crippen LogP contribution in [0, 0.1) is 18.2 Å². The predicted octanol–water partition coefficient (Wildman–Crippen LogP) is 5.84. The van der Waals surface area contributed by atoms with Crippen molar-refractivity contribution in [2.75, 3.05) is 39.7 Å². The Bertz CT molecular complexity index is 1350. The zero-order chi connectivity index (χ0) is 28.8. The molecule has 0 bridgehead atoms. The summed E-state index contributed by atoms with van der Waals surface area (Å²) in [4.78, 5) is 11.2. The molecule has 1 heterocycles. The molecule has 3 aromatic rings. The molecule has 1 saturated carbocycles. The number of ether oxygens (including phenoxy) is 2. The van der Waals surface area contributed by atoms with Gasteiger partial charge in [0, 0.05) is 29.0 Å². The van der Waals surface area contributed by atoms with Crippen LogP contribution in [0.2, 0.25) is 0 Å². The van der Waals surface area contributed by atoms with Gasteiger partial charge in [0.15, 0.2) is 11.5 Å². The molecule has 1 atom stereocenters. The Labute approximate surface area is 227 Å². The lowest BCUT2D eigenvalue weighted by Gasteiger charge is -2.30. The van der Waals surface area contributed by atoms with Crippen LogP contribution in [0.25, 0.3) is 10.9 Å². The van der Waals surface area contributed by atoms with Crippen molar-refractivity contribution >= 4 is 16.7 Å². The predicted molar refractivity (Wildman–Crippen MR) is 145 cm³/mol. The lowest BCUT2D eigenvalue weighted by atomic mass is 9.91. The molecule has 2 N–H and O–H groups in total. The van der Waals surface area contributed by atoms with E-state index >= 15 is 4.39 Å². The first-order valence-corrected chi connectivity index (χ1v) is 13.0. The van der Waals surface area contributed by atoms with Crippen LogP contribution in [0.4, 0.5) is 19.0 Å². The number of halogens is 3. The number of alkyl halides is 2. The number of fused-ring (bicyclic) bond motifs is 1. The van der Waals surface area contributed by atoms with Crippen LogP contribution < -0.4 is 14.8 Å². The summed E-state index contributed by atoms with van der Waals surface area (Å²) in [6.45, 7) is 6.76. The normalized spacial score (nSPS) is 15.9. The number of aromatic nitrogens is 2. The Morgan fingerprint density at radius 2 is 1.85 bits per heavy atom. The maximum absolute atomic E-state index is 15.4. The van der Waals surface area contributed by atoms with E-state index in [1.807, 2.05) is 14.1 Å². The molecule has 212 valence electrons. The van der Waals surface area contributed by atoms with Gasteiger partial charge >= 0.3 is 5.92 Å². The molecule has 0 aliphatic heterocycles. The van der Waals surface area contributed by atoms with Crippen molar-refractivity contribution in [3.05, 3.63) is 53.1 Å². The third kappa shape index (κ3) is 5.91. The second-order valence-corrected chi connectivity index (χ2v) is 11.4. The van der Waals surface area contributed by atoms with E-state index in [0.29, 0.717) is 40.7 Å². The molecule has 0 spiro atoms. The first-order valence-electron chi connectivity index (χ1n) is 13.0. The van der Waals surface area contributed by atoms with E-state index in [9.17, 15) is 13.9 Å². The summed E-state index contributed by atoms with van der Waals surface area (Å²) in [6.07, 6.45) is 2.18. The smallest absolute Gasteiger partial charge is 0.303 e. The highest BCUT2D eigenvalue weighted by Crippen LogP contribution is 2.47. The molecular formula is C29H37F3N4O3. The number of methoxy groups -OCH3 is 1. The highest BCUT2D eigenvalue weighted by atomic mass is 19.3. The molecule has 1 aromatic heterocycles. The number of hydrogen-bond donors (Lipinski definition) is 2. The molecule has 7 nitrogen and oxygen atoms in total. The lowest BCUT2D eigenvalue weighted by Crippen LogP contribution is -2.41. The minimum atomic E-state index is -3.79. The van der Waals surface area contributed by atoms with E-state index in [1.54, 1.807) is 33.1 Å². The van der Waals surface area contributed by atoms with Gasteiger partial charge in [0.1, 0.15) is 23.1 Å². The quantitative estimate of drug-likeness (QED) is 0.313. The van der Waals surface area contributed by atoms with Crippen LogP contribution in [0.1, 0.15) is 56.6 Å². The van der Waals surface area contributed by atoms with Gasteiger partial charge in [-0.3, -0.25) is 0 Å². The molecule has 0 unspecified atom stereocenters. The van der Waals surface area contributed by atoms with Crippen LogP contribution in [0.15, 0.2) is 30.3 Å². The van der Waals surface area contributed by atoms with Crippen LogP contribution in [-0.2, 0) is 5.92 Å². The first kappa shape index (κ1) is 28.9. The fourth-order valence-corrected chi connectivity index (χ4v) is 4.80. The van der Waals surface area contributed by atoms with Gasteiger partial charge < -0.3 is 24.8 Å². The van der Waals surface area contributed by atoms with E-state index in [-0.39, 0.29) is 11.0 Å². The molecule has 0 radical (unpaired) electrons. The van der Waals surface area contributed by atoms with Gasteiger partial charge in [-0.25, -0.2) is 14.4 Å².